The van der Waals surface area contributed by atoms with E-state index in [1.54, 1.807) is 12.1 Å². The van der Waals surface area contributed by atoms with Crippen LogP contribution in [0.25, 0.3) is 0 Å². The number of rotatable bonds is 5. The van der Waals surface area contributed by atoms with Gasteiger partial charge in [-0.3, -0.25) is 10.1 Å². The summed E-state index contributed by atoms with van der Waals surface area (Å²) in [6.07, 6.45) is -0.303. The number of hydrogen-bond donors (Lipinski definition) is 3. The molecule has 1 fully saturated rings. The summed E-state index contributed by atoms with van der Waals surface area (Å²) in [5, 5.41) is 26.6. The fraction of sp³-hybridized carbons (Fsp3) is 0.500. The van der Waals surface area contributed by atoms with Gasteiger partial charge in [0.15, 0.2) is 0 Å². The maximum Gasteiger partial charge on any atom is 0.269 e. The van der Waals surface area contributed by atoms with Crippen molar-refractivity contribution >= 4 is 5.69 Å². The third-order valence-corrected chi connectivity index (χ3v) is 3.16. The van der Waals surface area contributed by atoms with E-state index in [0.29, 0.717) is 19.6 Å². The summed E-state index contributed by atoms with van der Waals surface area (Å²) in [4.78, 5) is 10.2. The first-order valence-corrected chi connectivity index (χ1v) is 5.99. The molecule has 1 aromatic rings. The first kappa shape index (κ1) is 12.9. The Morgan fingerprint density at radius 3 is 3.00 bits per heavy atom. The van der Waals surface area contributed by atoms with Gasteiger partial charge in [0.25, 0.3) is 5.69 Å². The molecule has 6 heteroatoms. The van der Waals surface area contributed by atoms with Gasteiger partial charge in [-0.2, -0.15) is 0 Å². The standard InChI is InChI=1S/C12H17N3O3/c16-12-8-14-7-10(12)6-13-5-9-2-1-3-11(4-9)15(17)18/h1-4,10,12-14,16H,5-8H2. The van der Waals surface area contributed by atoms with Gasteiger partial charge in [0.1, 0.15) is 0 Å². The largest absolute Gasteiger partial charge is 0.391 e. The topological polar surface area (TPSA) is 87.4 Å². The number of nitro groups is 1. The molecule has 0 bridgehead atoms. The van der Waals surface area contributed by atoms with Crippen LogP contribution in [0.4, 0.5) is 5.69 Å². The molecule has 0 aliphatic carbocycles. The molecule has 18 heavy (non-hydrogen) atoms. The molecule has 98 valence electrons. The van der Waals surface area contributed by atoms with E-state index in [-0.39, 0.29) is 17.7 Å². The van der Waals surface area contributed by atoms with Crippen molar-refractivity contribution in [2.24, 2.45) is 5.92 Å². The smallest absolute Gasteiger partial charge is 0.269 e. The fourth-order valence-electron chi connectivity index (χ4n) is 2.11. The van der Waals surface area contributed by atoms with E-state index in [1.165, 1.54) is 6.07 Å². The average molecular weight is 251 g/mol. The minimum Gasteiger partial charge on any atom is -0.391 e. The van der Waals surface area contributed by atoms with E-state index in [2.05, 4.69) is 10.6 Å². The summed E-state index contributed by atoms with van der Waals surface area (Å²) in [7, 11) is 0. The van der Waals surface area contributed by atoms with Crippen molar-refractivity contribution in [2.75, 3.05) is 19.6 Å². The van der Waals surface area contributed by atoms with Crippen molar-refractivity contribution in [3.8, 4) is 0 Å². The normalized spacial score (nSPS) is 23.2. The van der Waals surface area contributed by atoms with E-state index >= 15 is 0 Å². The molecular weight excluding hydrogens is 234 g/mol. The number of nitrogens with one attached hydrogen (secondary N) is 2. The second kappa shape index (κ2) is 5.90. The molecule has 0 amide bonds. The highest BCUT2D eigenvalue weighted by molar-refractivity contribution is 5.34. The molecule has 2 atom stereocenters. The number of aliphatic hydroxyl groups excluding tert-OH is 1. The molecule has 1 aliphatic heterocycles. The van der Waals surface area contributed by atoms with E-state index in [9.17, 15) is 15.2 Å². The highest BCUT2D eigenvalue weighted by Crippen LogP contribution is 2.13. The number of nitro benzene ring substituents is 1. The van der Waals surface area contributed by atoms with Gasteiger partial charge in [-0.25, -0.2) is 0 Å². The van der Waals surface area contributed by atoms with Gasteiger partial charge in [0, 0.05) is 44.2 Å². The minimum absolute atomic E-state index is 0.108. The first-order chi connectivity index (χ1) is 8.66. The summed E-state index contributed by atoms with van der Waals surface area (Å²) in [6, 6.07) is 6.58. The molecule has 1 heterocycles. The lowest BCUT2D eigenvalue weighted by Gasteiger charge is -2.13. The number of hydrogen-bond acceptors (Lipinski definition) is 5. The highest BCUT2D eigenvalue weighted by atomic mass is 16.6. The lowest BCUT2D eigenvalue weighted by atomic mass is 10.1. The summed E-state index contributed by atoms with van der Waals surface area (Å²) in [5.41, 5.74) is 0.988. The summed E-state index contributed by atoms with van der Waals surface area (Å²) < 4.78 is 0. The number of aliphatic hydroxyl groups is 1. The molecule has 1 saturated heterocycles. The second-order valence-electron chi connectivity index (χ2n) is 4.54. The first-order valence-electron chi connectivity index (χ1n) is 5.99. The summed E-state index contributed by atoms with van der Waals surface area (Å²) in [6.45, 7) is 2.73. The Morgan fingerprint density at radius 1 is 1.50 bits per heavy atom. The molecule has 0 aromatic heterocycles. The SMILES string of the molecule is O=[N+]([O-])c1cccc(CNCC2CNCC2O)c1. The predicted molar refractivity (Wildman–Crippen MR) is 67.2 cm³/mol. The van der Waals surface area contributed by atoms with E-state index in [1.807, 2.05) is 6.07 Å². The Morgan fingerprint density at radius 2 is 2.33 bits per heavy atom. The Kier molecular flexibility index (Phi) is 4.24. The van der Waals surface area contributed by atoms with Crippen LogP contribution >= 0.6 is 0 Å². The monoisotopic (exact) mass is 251 g/mol. The van der Waals surface area contributed by atoms with Crippen molar-refractivity contribution in [2.45, 2.75) is 12.6 Å². The van der Waals surface area contributed by atoms with Crippen LogP contribution < -0.4 is 10.6 Å². The van der Waals surface area contributed by atoms with Gasteiger partial charge in [0.2, 0.25) is 0 Å². The van der Waals surface area contributed by atoms with Gasteiger partial charge in [-0.15, -0.1) is 0 Å². The van der Waals surface area contributed by atoms with Crippen LogP contribution in [0, 0.1) is 16.0 Å². The van der Waals surface area contributed by atoms with Crippen LogP contribution in [0.5, 0.6) is 0 Å². The minimum atomic E-state index is -0.395. The van der Waals surface area contributed by atoms with Crippen molar-refractivity contribution < 1.29 is 10.0 Å². The third-order valence-electron chi connectivity index (χ3n) is 3.16. The van der Waals surface area contributed by atoms with Crippen LogP contribution in [0.1, 0.15) is 5.56 Å². The van der Waals surface area contributed by atoms with Crippen LogP contribution in [0.3, 0.4) is 0 Å². The summed E-state index contributed by atoms with van der Waals surface area (Å²) >= 11 is 0. The fourth-order valence-corrected chi connectivity index (χ4v) is 2.11. The van der Waals surface area contributed by atoms with Gasteiger partial charge < -0.3 is 15.7 Å². The maximum absolute atomic E-state index is 10.6. The number of β-amino-alcohol motifs (C(OH)–C–C–N with tert-alkyl or cyclic N) is 1. The van der Waals surface area contributed by atoms with Crippen LogP contribution in [-0.2, 0) is 6.54 Å². The summed E-state index contributed by atoms with van der Waals surface area (Å²) in [5.74, 6) is 0.212. The van der Waals surface area contributed by atoms with Crippen molar-refractivity contribution in [3.63, 3.8) is 0 Å². The van der Waals surface area contributed by atoms with Gasteiger partial charge in [0.05, 0.1) is 11.0 Å². The Hall–Kier alpha value is -1.50. The van der Waals surface area contributed by atoms with Crippen LogP contribution in [-0.4, -0.2) is 35.8 Å². The maximum atomic E-state index is 10.6. The lowest BCUT2D eigenvalue weighted by Crippen LogP contribution is -2.30. The average Bonchev–Trinajstić information content (AvgIpc) is 2.76. The molecule has 3 N–H and O–H groups in total. The van der Waals surface area contributed by atoms with Gasteiger partial charge >= 0.3 is 0 Å². The quantitative estimate of drug-likeness (QED) is 0.516. The van der Waals surface area contributed by atoms with Crippen molar-refractivity contribution in [1.29, 1.82) is 0 Å². The Bertz CT molecular complexity index is 425. The molecule has 6 nitrogen and oxygen atoms in total. The Balaban J connectivity index is 1.83. The Labute approximate surface area is 105 Å². The van der Waals surface area contributed by atoms with Crippen molar-refractivity contribution in [3.05, 3.63) is 39.9 Å². The molecule has 1 aliphatic rings. The van der Waals surface area contributed by atoms with E-state index in [4.69, 9.17) is 0 Å². The zero-order valence-electron chi connectivity index (χ0n) is 10.0. The molecule has 1 aromatic carbocycles. The van der Waals surface area contributed by atoms with E-state index in [0.717, 1.165) is 12.1 Å². The van der Waals surface area contributed by atoms with Gasteiger partial charge in [-0.05, 0) is 5.56 Å². The molecule has 2 rings (SSSR count). The molecule has 0 spiro atoms. The molecular formula is C12H17N3O3. The van der Waals surface area contributed by atoms with Gasteiger partial charge in [-0.1, -0.05) is 12.1 Å². The molecule has 0 saturated carbocycles. The zero-order chi connectivity index (χ0) is 13.0. The molecule has 2 unspecified atom stereocenters. The highest BCUT2D eigenvalue weighted by Gasteiger charge is 2.23. The predicted octanol–water partition coefficient (Wildman–Crippen LogP) is 0.265. The third kappa shape index (κ3) is 3.25. The number of nitrogens with zero attached hydrogens (tertiary/aromatic N) is 1. The second-order valence-corrected chi connectivity index (χ2v) is 4.54. The number of benzene rings is 1. The lowest BCUT2D eigenvalue weighted by molar-refractivity contribution is -0.384. The zero-order valence-corrected chi connectivity index (χ0v) is 10.0. The molecule has 0 radical (unpaired) electrons. The van der Waals surface area contributed by atoms with Crippen LogP contribution in [0.2, 0.25) is 0 Å². The van der Waals surface area contributed by atoms with E-state index < -0.39 is 4.92 Å². The van der Waals surface area contributed by atoms with Crippen LogP contribution in [0.15, 0.2) is 24.3 Å². The van der Waals surface area contributed by atoms with Crippen molar-refractivity contribution in [1.82, 2.24) is 10.6 Å². The number of non-ortho nitro benzene ring substituents is 1.